The third kappa shape index (κ3) is 6.33. The van der Waals surface area contributed by atoms with Crippen molar-refractivity contribution in [2.24, 2.45) is 5.41 Å². The number of thiol groups is 1. The molecule has 4 bridgehead atoms. The van der Waals surface area contributed by atoms with Gasteiger partial charge in [-0.3, -0.25) is 0 Å². The number of benzene rings is 7. The molecule has 2 unspecified atom stereocenters. The number of hydrogen-bond acceptors (Lipinski definition) is 4. The molecule has 10 rings (SSSR count). The van der Waals surface area contributed by atoms with Crippen LogP contribution in [-0.2, 0) is 11.8 Å². The molecule has 5 heteroatoms. The summed E-state index contributed by atoms with van der Waals surface area (Å²) in [5.41, 5.74) is 26.5. The Bertz CT molecular complexity index is 2910. The van der Waals surface area contributed by atoms with Gasteiger partial charge < -0.3 is 15.5 Å². The first-order valence-electron chi connectivity index (χ1n) is 22.6. The fraction of sp³-hybridized carbons (Fsp3) is 0.263. The van der Waals surface area contributed by atoms with Crippen LogP contribution in [0.4, 0.5) is 28.4 Å². The molecule has 0 spiro atoms. The van der Waals surface area contributed by atoms with Gasteiger partial charge in [0, 0.05) is 41.6 Å². The first kappa shape index (κ1) is 40.4. The van der Waals surface area contributed by atoms with Crippen LogP contribution in [0.2, 0.25) is 0 Å². The second kappa shape index (κ2) is 15.3. The monoisotopic (exact) mass is 827 g/mol. The minimum Gasteiger partial charge on any atom is -0.388 e. The second-order valence-electron chi connectivity index (χ2n) is 19.0. The Balaban J connectivity index is 1.42. The van der Waals surface area contributed by atoms with E-state index < -0.39 is 0 Å². The van der Waals surface area contributed by atoms with Gasteiger partial charge in [0.2, 0.25) is 0 Å². The predicted molar refractivity (Wildman–Crippen MR) is 272 cm³/mol. The summed E-state index contributed by atoms with van der Waals surface area (Å²) >= 11 is 5.79. The first-order valence-corrected chi connectivity index (χ1v) is 23.1. The Morgan fingerprint density at radius 1 is 0.613 bits per heavy atom. The smallest absolute Gasteiger partial charge is 0.196 e. The van der Waals surface area contributed by atoms with E-state index in [0.717, 1.165) is 53.3 Å². The summed E-state index contributed by atoms with van der Waals surface area (Å²) in [6.45, 7) is 14.4. The van der Waals surface area contributed by atoms with E-state index in [1.807, 2.05) is 7.05 Å². The Morgan fingerprint density at radius 2 is 1.32 bits per heavy atom. The maximum absolute atomic E-state index is 5.79. The number of hydrogen-bond donors (Lipinski definition) is 3. The van der Waals surface area contributed by atoms with Crippen LogP contribution in [0.5, 0.6) is 0 Å². The lowest BCUT2D eigenvalue weighted by Crippen LogP contribution is -2.46. The molecule has 310 valence electrons. The van der Waals surface area contributed by atoms with Crippen LogP contribution < -0.4 is 26.5 Å². The fourth-order valence-corrected chi connectivity index (χ4v) is 12.3. The highest BCUT2D eigenvalue weighted by Gasteiger charge is 2.49. The van der Waals surface area contributed by atoms with Gasteiger partial charge >= 0.3 is 0 Å². The summed E-state index contributed by atoms with van der Waals surface area (Å²) in [5, 5.41) is 7.10. The standard InChI is InChI=1S/C57H58BN3S/c1-34-26-35(2)52(36(3)27-34)40-28-47-45-31-42(60-8)32-48(37(45)4)57(6)25-15-14-24-56(57,5)33-39-20-22-44-43-18-12-13-19-49(43)58-53(44)54(39)61(51(29-40)55(47)62)50-23-21-41(59-7)30-46(50)38-16-10-9-11-17-38/h9-13,16-23,26-32,58-60,62H,14-15,24-25,33H2,1-8H3. The lowest BCUT2D eigenvalue weighted by atomic mass is 9.52. The van der Waals surface area contributed by atoms with Crippen molar-refractivity contribution in [2.75, 3.05) is 29.6 Å². The van der Waals surface area contributed by atoms with Crippen LogP contribution >= 0.6 is 12.6 Å². The molecule has 2 aliphatic heterocycles. The quantitative estimate of drug-likeness (QED) is 0.119. The zero-order chi connectivity index (χ0) is 43.1. The molecule has 7 aromatic carbocycles. The Kier molecular flexibility index (Phi) is 9.98. The number of nitrogens with one attached hydrogen (secondary N) is 2. The highest BCUT2D eigenvalue weighted by atomic mass is 32.1. The van der Waals surface area contributed by atoms with Crippen LogP contribution in [0.3, 0.4) is 0 Å². The predicted octanol–water partition coefficient (Wildman–Crippen LogP) is 13.5. The molecule has 1 saturated carbocycles. The molecule has 3 aliphatic rings. The molecule has 62 heavy (non-hydrogen) atoms. The number of aryl methyl sites for hydroxylation is 3. The van der Waals surface area contributed by atoms with Gasteiger partial charge in [0.05, 0.1) is 11.4 Å². The van der Waals surface area contributed by atoms with Crippen molar-refractivity contribution >= 4 is 59.3 Å². The number of nitrogens with zero attached hydrogens (tertiary/aromatic N) is 1. The maximum Gasteiger partial charge on any atom is 0.196 e. The zero-order valence-corrected chi connectivity index (χ0v) is 38.6. The van der Waals surface area contributed by atoms with E-state index in [1.165, 1.54) is 108 Å². The van der Waals surface area contributed by atoms with Crippen LogP contribution in [-0.4, -0.2) is 21.4 Å². The van der Waals surface area contributed by atoms with Crippen LogP contribution in [0.15, 0.2) is 126 Å². The summed E-state index contributed by atoms with van der Waals surface area (Å²) in [7, 11) is 4.97. The van der Waals surface area contributed by atoms with Crippen molar-refractivity contribution < 1.29 is 0 Å². The Labute approximate surface area is 375 Å². The van der Waals surface area contributed by atoms with Gasteiger partial charge in [0.25, 0.3) is 0 Å². The third-order valence-corrected chi connectivity index (χ3v) is 15.8. The van der Waals surface area contributed by atoms with E-state index in [1.54, 1.807) is 0 Å². The minimum atomic E-state index is -0.0782. The van der Waals surface area contributed by atoms with Crippen LogP contribution in [0, 0.1) is 33.1 Å². The SMILES string of the molecule is CNc1ccc(N2c3cc(-c4c(C)cc(C)cc4C)cc(c3S)-c3cc(NC)cc(c3C)C3(C)CCCCC3(C)Cc3ccc4c(c32)Bc2ccccc2-4)c(-c2ccccc2)c1. The lowest BCUT2D eigenvalue weighted by molar-refractivity contribution is 0.0876. The van der Waals surface area contributed by atoms with Gasteiger partial charge in [-0.05, 0) is 172 Å². The first-order chi connectivity index (χ1) is 29.9. The van der Waals surface area contributed by atoms with E-state index in [4.69, 9.17) is 12.6 Å². The maximum atomic E-state index is 5.79. The van der Waals surface area contributed by atoms with Gasteiger partial charge in [-0.25, -0.2) is 0 Å². The average Bonchev–Trinajstić information content (AvgIpc) is 3.65. The van der Waals surface area contributed by atoms with Gasteiger partial charge in [-0.1, -0.05) is 117 Å². The normalized spacial score (nSPS) is 18.6. The van der Waals surface area contributed by atoms with Crippen molar-refractivity contribution in [1.29, 1.82) is 0 Å². The molecule has 0 amide bonds. The largest absolute Gasteiger partial charge is 0.388 e. The Hall–Kier alpha value is -5.65. The summed E-state index contributed by atoms with van der Waals surface area (Å²) in [6.07, 6.45) is 5.74. The molecule has 0 radical (unpaired) electrons. The summed E-state index contributed by atoms with van der Waals surface area (Å²) in [5.74, 6) is 0. The average molecular weight is 828 g/mol. The van der Waals surface area contributed by atoms with Crippen molar-refractivity contribution in [3.8, 4) is 44.5 Å². The van der Waals surface area contributed by atoms with Crippen LogP contribution in [0.25, 0.3) is 44.5 Å². The van der Waals surface area contributed by atoms with E-state index in [2.05, 4.69) is 185 Å². The van der Waals surface area contributed by atoms with E-state index in [9.17, 15) is 0 Å². The van der Waals surface area contributed by atoms with Crippen molar-refractivity contribution in [2.45, 2.75) is 84.0 Å². The lowest BCUT2D eigenvalue weighted by Gasteiger charge is -2.52. The molecule has 2 atom stereocenters. The van der Waals surface area contributed by atoms with Gasteiger partial charge in [0.1, 0.15) is 0 Å². The van der Waals surface area contributed by atoms with Crippen molar-refractivity contribution in [3.05, 3.63) is 155 Å². The summed E-state index contributed by atoms with van der Waals surface area (Å²) < 4.78 is 0. The molecule has 2 heterocycles. The molecular formula is C57H58BN3S. The molecule has 1 aliphatic carbocycles. The summed E-state index contributed by atoms with van der Waals surface area (Å²) in [4.78, 5) is 3.63. The fourth-order valence-electron chi connectivity index (χ4n) is 12.0. The van der Waals surface area contributed by atoms with Gasteiger partial charge in [-0.15, -0.1) is 12.6 Å². The van der Waals surface area contributed by atoms with E-state index in [0.29, 0.717) is 0 Å². The molecular weight excluding hydrogens is 770 g/mol. The Morgan fingerprint density at radius 3 is 2.08 bits per heavy atom. The van der Waals surface area contributed by atoms with Crippen molar-refractivity contribution in [3.63, 3.8) is 0 Å². The van der Waals surface area contributed by atoms with Gasteiger partial charge in [0.15, 0.2) is 7.28 Å². The topological polar surface area (TPSA) is 27.3 Å². The second-order valence-corrected chi connectivity index (χ2v) is 19.5. The number of anilines is 5. The zero-order valence-electron chi connectivity index (χ0n) is 37.7. The molecule has 0 aromatic heterocycles. The van der Waals surface area contributed by atoms with E-state index >= 15 is 0 Å². The molecule has 2 N–H and O–H groups in total. The molecule has 1 fully saturated rings. The molecule has 0 saturated heterocycles. The number of fused-ring (bicyclic) bond motifs is 12. The third-order valence-electron chi connectivity index (χ3n) is 15.3. The molecule has 3 nitrogen and oxygen atoms in total. The van der Waals surface area contributed by atoms with E-state index in [-0.39, 0.29) is 10.8 Å². The number of rotatable bonds is 5. The highest BCUT2D eigenvalue weighted by molar-refractivity contribution is 7.80. The van der Waals surface area contributed by atoms with Crippen LogP contribution in [0.1, 0.15) is 72.9 Å². The highest BCUT2D eigenvalue weighted by Crippen LogP contribution is 2.58. The summed E-state index contributed by atoms with van der Waals surface area (Å²) in [6, 6.07) is 46.3. The van der Waals surface area contributed by atoms with Gasteiger partial charge in [-0.2, -0.15) is 0 Å². The minimum absolute atomic E-state index is 0.0179. The molecule has 7 aromatic rings. The van der Waals surface area contributed by atoms with Crippen molar-refractivity contribution in [1.82, 2.24) is 0 Å².